The van der Waals surface area contributed by atoms with Crippen LogP contribution < -0.4 is 10.1 Å². The van der Waals surface area contributed by atoms with Gasteiger partial charge in [-0.3, -0.25) is 4.79 Å². The lowest BCUT2D eigenvalue weighted by Gasteiger charge is -2.30. The number of halogens is 1. The van der Waals surface area contributed by atoms with Crippen LogP contribution in [0.3, 0.4) is 0 Å². The molecule has 3 aromatic rings. The third-order valence-corrected chi connectivity index (χ3v) is 9.03. The van der Waals surface area contributed by atoms with Crippen LogP contribution >= 0.6 is 22.9 Å². The van der Waals surface area contributed by atoms with Gasteiger partial charge < -0.3 is 10.1 Å². The molecular formula is C23H23ClN2O4S2. The Morgan fingerprint density at radius 3 is 2.44 bits per heavy atom. The van der Waals surface area contributed by atoms with Gasteiger partial charge in [0.05, 0.1) is 0 Å². The van der Waals surface area contributed by atoms with E-state index < -0.39 is 10.0 Å². The molecule has 4 rings (SSSR count). The van der Waals surface area contributed by atoms with Crippen LogP contribution in [-0.4, -0.2) is 31.7 Å². The van der Waals surface area contributed by atoms with E-state index in [4.69, 9.17) is 16.3 Å². The number of ether oxygens (including phenoxy) is 1. The molecule has 168 valence electrons. The molecule has 0 bridgehead atoms. The highest BCUT2D eigenvalue weighted by Gasteiger charge is 2.32. The second-order valence-electron chi connectivity index (χ2n) is 7.50. The van der Waals surface area contributed by atoms with Crippen molar-refractivity contribution in [2.45, 2.75) is 23.7 Å². The highest BCUT2D eigenvalue weighted by molar-refractivity contribution is 7.91. The fourth-order valence-electron chi connectivity index (χ4n) is 3.55. The van der Waals surface area contributed by atoms with E-state index in [1.54, 1.807) is 41.8 Å². The highest BCUT2D eigenvalue weighted by Crippen LogP contribution is 2.27. The maximum atomic E-state index is 12.7. The normalized spacial score (nSPS) is 15.4. The number of rotatable bonds is 7. The van der Waals surface area contributed by atoms with Crippen LogP contribution in [0.1, 0.15) is 18.4 Å². The molecule has 1 saturated heterocycles. The minimum Gasteiger partial charge on any atom is -0.489 e. The number of carbonyl (C=O) groups is 1. The first-order valence-electron chi connectivity index (χ1n) is 10.2. The number of hydrogen-bond acceptors (Lipinski definition) is 5. The molecule has 1 amide bonds. The van der Waals surface area contributed by atoms with E-state index in [0.29, 0.717) is 53.2 Å². The third kappa shape index (κ3) is 5.32. The lowest BCUT2D eigenvalue weighted by atomic mass is 9.97. The summed E-state index contributed by atoms with van der Waals surface area (Å²) in [7, 11) is -3.46. The summed E-state index contributed by atoms with van der Waals surface area (Å²) in [4.78, 5) is 12.7. The molecule has 6 nitrogen and oxygen atoms in total. The van der Waals surface area contributed by atoms with Crippen molar-refractivity contribution in [1.82, 2.24) is 4.31 Å². The summed E-state index contributed by atoms with van der Waals surface area (Å²) in [6.07, 6.45) is 0.991. The van der Waals surface area contributed by atoms with E-state index in [9.17, 15) is 13.2 Å². The third-order valence-electron chi connectivity index (χ3n) is 5.39. The van der Waals surface area contributed by atoms with Crippen LogP contribution in [0.5, 0.6) is 5.75 Å². The predicted molar refractivity (Wildman–Crippen MR) is 127 cm³/mol. The van der Waals surface area contributed by atoms with Crippen molar-refractivity contribution < 1.29 is 17.9 Å². The Labute approximate surface area is 196 Å². The highest BCUT2D eigenvalue weighted by atomic mass is 35.5. The molecule has 1 aromatic heterocycles. The molecule has 1 fully saturated rings. The average molecular weight is 491 g/mol. The Hall–Kier alpha value is -2.39. The maximum absolute atomic E-state index is 12.7. The van der Waals surface area contributed by atoms with Gasteiger partial charge in [-0.05, 0) is 54.6 Å². The first-order chi connectivity index (χ1) is 15.4. The van der Waals surface area contributed by atoms with Gasteiger partial charge in [-0.1, -0.05) is 35.9 Å². The Morgan fingerprint density at radius 2 is 1.78 bits per heavy atom. The smallest absolute Gasteiger partial charge is 0.252 e. The van der Waals surface area contributed by atoms with Crippen LogP contribution in [0.4, 0.5) is 5.69 Å². The van der Waals surface area contributed by atoms with Crippen LogP contribution in [0.15, 0.2) is 70.3 Å². The first-order valence-corrected chi connectivity index (χ1v) is 12.9. The topological polar surface area (TPSA) is 75.7 Å². The summed E-state index contributed by atoms with van der Waals surface area (Å²) in [5.74, 6) is 0.360. The van der Waals surface area contributed by atoms with Gasteiger partial charge in [0.1, 0.15) is 16.6 Å². The molecule has 32 heavy (non-hydrogen) atoms. The first kappa shape index (κ1) is 22.8. The Bertz CT molecular complexity index is 1160. The number of nitrogens with one attached hydrogen (secondary N) is 1. The fraction of sp³-hybridized carbons (Fsp3) is 0.261. The molecule has 2 aromatic carbocycles. The van der Waals surface area contributed by atoms with Crippen molar-refractivity contribution in [3.05, 3.63) is 76.6 Å². The monoisotopic (exact) mass is 490 g/mol. The van der Waals surface area contributed by atoms with Gasteiger partial charge in [0.2, 0.25) is 5.91 Å². The zero-order chi connectivity index (χ0) is 22.6. The number of thiophene rings is 1. The van der Waals surface area contributed by atoms with Gasteiger partial charge in [-0.15, -0.1) is 11.3 Å². The number of anilines is 1. The molecule has 0 unspecified atom stereocenters. The van der Waals surface area contributed by atoms with Crippen molar-refractivity contribution >= 4 is 44.6 Å². The van der Waals surface area contributed by atoms with Crippen LogP contribution in [0.2, 0.25) is 5.02 Å². The molecule has 2 heterocycles. The van der Waals surface area contributed by atoms with E-state index in [0.717, 1.165) is 5.56 Å². The number of amides is 1. The molecule has 0 radical (unpaired) electrons. The largest absolute Gasteiger partial charge is 0.489 e. The van der Waals surface area contributed by atoms with E-state index in [2.05, 4.69) is 5.32 Å². The average Bonchev–Trinajstić information content (AvgIpc) is 3.36. The molecule has 0 atom stereocenters. The van der Waals surface area contributed by atoms with Crippen molar-refractivity contribution in [3.8, 4) is 5.75 Å². The minimum atomic E-state index is -3.46. The summed E-state index contributed by atoms with van der Waals surface area (Å²) in [6.45, 7) is 1.04. The number of piperidine rings is 1. The van der Waals surface area contributed by atoms with Crippen LogP contribution in [0.25, 0.3) is 0 Å². The number of benzene rings is 2. The zero-order valence-corrected chi connectivity index (χ0v) is 19.6. The molecule has 0 spiro atoms. The van der Waals surface area contributed by atoms with Crippen molar-refractivity contribution in [1.29, 1.82) is 0 Å². The molecule has 0 saturated carbocycles. The quantitative estimate of drug-likeness (QED) is 0.504. The number of sulfonamides is 1. The number of carbonyl (C=O) groups excluding carboxylic acids is 1. The van der Waals surface area contributed by atoms with Gasteiger partial charge in [-0.25, -0.2) is 8.42 Å². The van der Waals surface area contributed by atoms with E-state index in [-0.39, 0.29) is 11.8 Å². The SMILES string of the molecule is O=C(Nc1ccc(OCc2ccccc2Cl)cc1)C1CCN(S(=O)(=O)c2cccs2)CC1. The molecular weight excluding hydrogens is 468 g/mol. The van der Waals surface area contributed by atoms with Crippen molar-refractivity contribution in [2.24, 2.45) is 5.92 Å². The lowest BCUT2D eigenvalue weighted by molar-refractivity contribution is -0.120. The van der Waals surface area contributed by atoms with Gasteiger partial charge in [-0.2, -0.15) is 4.31 Å². The minimum absolute atomic E-state index is 0.0945. The maximum Gasteiger partial charge on any atom is 0.252 e. The standard InChI is InChI=1S/C23H23ClN2O4S2/c24-21-5-2-1-4-18(21)16-30-20-9-7-19(8-10-20)25-23(27)17-11-13-26(14-12-17)32(28,29)22-6-3-15-31-22/h1-10,15,17H,11-14,16H2,(H,25,27). The molecule has 1 aliphatic heterocycles. The van der Waals surface area contributed by atoms with E-state index in [1.807, 2.05) is 24.3 Å². The molecule has 9 heteroatoms. The van der Waals surface area contributed by atoms with Gasteiger partial charge in [0, 0.05) is 35.3 Å². The molecule has 1 aliphatic rings. The number of nitrogens with zero attached hydrogens (tertiary/aromatic N) is 1. The lowest BCUT2D eigenvalue weighted by Crippen LogP contribution is -2.41. The zero-order valence-electron chi connectivity index (χ0n) is 17.2. The summed E-state index contributed by atoms with van der Waals surface area (Å²) in [5, 5.41) is 5.33. The Balaban J connectivity index is 1.28. The van der Waals surface area contributed by atoms with Crippen LogP contribution in [0, 0.1) is 5.92 Å². The van der Waals surface area contributed by atoms with E-state index >= 15 is 0 Å². The van der Waals surface area contributed by atoms with E-state index in [1.165, 1.54) is 15.6 Å². The summed E-state index contributed by atoms with van der Waals surface area (Å²) in [5.41, 5.74) is 1.58. The predicted octanol–water partition coefficient (Wildman–Crippen LogP) is 5.02. The molecule has 1 N–H and O–H groups in total. The summed E-state index contributed by atoms with van der Waals surface area (Å²) in [6, 6.07) is 18.0. The van der Waals surface area contributed by atoms with Crippen LogP contribution in [-0.2, 0) is 21.4 Å². The summed E-state index contributed by atoms with van der Waals surface area (Å²) >= 11 is 7.35. The summed E-state index contributed by atoms with van der Waals surface area (Å²) < 4.78 is 32.8. The second-order valence-corrected chi connectivity index (χ2v) is 11.0. The Morgan fingerprint density at radius 1 is 1.06 bits per heavy atom. The fourth-order valence-corrected chi connectivity index (χ4v) is 6.36. The van der Waals surface area contributed by atoms with Gasteiger partial charge >= 0.3 is 0 Å². The van der Waals surface area contributed by atoms with Gasteiger partial charge in [0.25, 0.3) is 10.0 Å². The van der Waals surface area contributed by atoms with Crippen molar-refractivity contribution in [3.63, 3.8) is 0 Å². The second kappa shape index (κ2) is 10.0. The Kier molecular flexibility index (Phi) is 7.15. The van der Waals surface area contributed by atoms with Crippen molar-refractivity contribution in [2.75, 3.05) is 18.4 Å². The van der Waals surface area contributed by atoms with Gasteiger partial charge in [0.15, 0.2) is 0 Å². The number of hydrogen-bond donors (Lipinski definition) is 1. The molecule has 0 aliphatic carbocycles.